The number of aryl methyl sites for hydroxylation is 1. The molecule has 8 nitrogen and oxygen atoms in total. The normalized spacial score (nSPS) is 13.3. The topological polar surface area (TPSA) is 102 Å². The third-order valence-electron chi connectivity index (χ3n) is 5.67. The van der Waals surface area contributed by atoms with Gasteiger partial charge in [-0.25, -0.2) is 13.4 Å². The van der Waals surface area contributed by atoms with E-state index >= 15 is 0 Å². The molecule has 0 radical (unpaired) electrons. The maximum Gasteiger partial charge on any atom is 0.300 e. The number of rotatable bonds is 5. The van der Waals surface area contributed by atoms with E-state index in [1.807, 2.05) is 0 Å². The highest BCUT2D eigenvalue weighted by Gasteiger charge is 2.33. The molecule has 1 fully saturated rings. The van der Waals surface area contributed by atoms with Crippen molar-refractivity contribution in [2.75, 3.05) is 4.90 Å². The van der Waals surface area contributed by atoms with Crippen LogP contribution in [0.3, 0.4) is 0 Å². The van der Waals surface area contributed by atoms with Gasteiger partial charge in [-0.15, -0.1) is 0 Å². The lowest BCUT2D eigenvalue weighted by molar-refractivity contribution is -0.383. The molecule has 0 N–H and O–H groups in total. The molecule has 1 aliphatic carbocycles. The Bertz CT molecular complexity index is 1430. The minimum atomic E-state index is -0.628. The number of hydrogen-bond donors (Lipinski definition) is 0. The summed E-state index contributed by atoms with van der Waals surface area (Å²) in [5.41, 5.74) is 1.35. The summed E-state index contributed by atoms with van der Waals surface area (Å²) in [6, 6.07) is 10.5. The SMILES string of the molecule is Cc1cc(F)ccc1N(C(=O)c1ccc(F)cc1C1CC1)c1ccc([N+](=O)[O-])c2nonc12. The molecule has 3 aromatic carbocycles. The van der Waals surface area contributed by atoms with Crippen LogP contribution in [0.2, 0.25) is 0 Å². The molecule has 0 saturated heterocycles. The molecule has 4 aromatic rings. The molecular weight excluding hydrogens is 434 g/mol. The lowest BCUT2D eigenvalue weighted by Crippen LogP contribution is -2.28. The van der Waals surface area contributed by atoms with Crippen molar-refractivity contribution in [2.24, 2.45) is 0 Å². The highest BCUT2D eigenvalue weighted by Crippen LogP contribution is 2.44. The van der Waals surface area contributed by atoms with Crippen LogP contribution in [0.5, 0.6) is 0 Å². The molecule has 33 heavy (non-hydrogen) atoms. The number of aromatic nitrogens is 2. The second-order valence-electron chi connectivity index (χ2n) is 7.90. The minimum absolute atomic E-state index is 0.00337. The van der Waals surface area contributed by atoms with E-state index in [9.17, 15) is 23.7 Å². The molecular formula is C23H16F2N4O4. The number of carbonyl (C=O) groups excluding carboxylic acids is 1. The molecule has 1 aromatic heterocycles. The van der Waals surface area contributed by atoms with Crippen molar-refractivity contribution < 1.29 is 23.1 Å². The van der Waals surface area contributed by atoms with Crippen LogP contribution in [0.15, 0.2) is 53.2 Å². The van der Waals surface area contributed by atoms with E-state index in [0.717, 1.165) is 12.8 Å². The number of anilines is 2. The van der Waals surface area contributed by atoms with Crippen molar-refractivity contribution in [3.63, 3.8) is 0 Å². The average molecular weight is 450 g/mol. The van der Waals surface area contributed by atoms with E-state index < -0.39 is 22.5 Å². The molecule has 0 unspecified atom stereocenters. The first kappa shape index (κ1) is 20.7. The lowest BCUT2D eigenvalue weighted by Gasteiger charge is -2.26. The summed E-state index contributed by atoms with van der Waals surface area (Å²) < 4.78 is 32.6. The number of non-ortho nitro benzene ring substituents is 1. The van der Waals surface area contributed by atoms with Crippen molar-refractivity contribution in [1.29, 1.82) is 0 Å². The van der Waals surface area contributed by atoms with Gasteiger partial charge in [-0.05, 0) is 89.6 Å². The van der Waals surface area contributed by atoms with Gasteiger partial charge >= 0.3 is 5.69 Å². The number of fused-ring (bicyclic) bond motifs is 1. The van der Waals surface area contributed by atoms with Gasteiger partial charge in [-0.1, -0.05) is 0 Å². The van der Waals surface area contributed by atoms with Crippen LogP contribution in [0.25, 0.3) is 11.0 Å². The van der Waals surface area contributed by atoms with E-state index in [-0.39, 0.29) is 33.9 Å². The summed E-state index contributed by atoms with van der Waals surface area (Å²) in [6.07, 6.45) is 1.68. The zero-order valence-corrected chi connectivity index (χ0v) is 17.3. The molecule has 0 aliphatic heterocycles. The number of nitro groups is 1. The third-order valence-corrected chi connectivity index (χ3v) is 5.67. The molecule has 0 spiro atoms. The Morgan fingerprint density at radius 1 is 1.03 bits per heavy atom. The quantitative estimate of drug-likeness (QED) is 0.291. The van der Waals surface area contributed by atoms with E-state index in [1.165, 1.54) is 53.4 Å². The van der Waals surface area contributed by atoms with Crippen molar-refractivity contribution >= 4 is 34.0 Å². The first-order valence-corrected chi connectivity index (χ1v) is 10.1. The van der Waals surface area contributed by atoms with Crippen LogP contribution in [0.4, 0.5) is 25.8 Å². The van der Waals surface area contributed by atoms with E-state index in [0.29, 0.717) is 16.8 Å². The van der Waals surface area contributed by atoms with Gasteiger partial charge in [0, 0.05) is 11.6 Å². The Morgan fingerprint density at radius 2 is 1.70 bits per heavy atom. The number of halogens is 2. The number of amides is 1. The van der Waals surface area contributed by atoms with Crippen LogP contribution in [-0.2, 0) is 0 Å². The van der Waals surface area contributed by atoms with E-state index in [1.54, 1.807) is 6.92 Å². The fourth-order valence-corrected chi connectivity index (χ4v) is 3.97. The fraction of sp³-hybridized carbons (Fsp3) is 0.174. The maximum absolute atomic E-state index is 14.0. The van der Waals surface area contributed by atoms with Crippen molar-refractivity contribution in [3.05, 3.63) is 87.0 Å². The van der Waals surface area contributed by atoms with Crippen LogP contribution in [0, 0.1) is 28.7 Å². The van der Waals surface area contributed by atoms with Gasteiger partial charge in [0.15, 0.2) is 5.52 Å². The summed E-state index contributed by atoms with van der Waals surface area (Å²) in [7, 11) is 0. The van der Waals surface area contributed by atoms with E-state index in [2.05, 4.69) is 10.3 Å². The Labute approximate surface area is 185 Å². The van der Waals surface area contributed by atoms with Crippen LogP contribution in [-0.4, -0.2) is 21.1 Å². The number of hydrogen-bond acceptors (Lipinski definition) is 6. The first-order valence-electron chi connectivity index (χ1n) is 10.1. The molecule has 1 saturated carbocycles. The zero-order valence-electron chi connectivity index (χ0n) is 17.3. The van der Waals surface area contributed by atoms with Gasteiger partial charge in [0.05, 0.1) is 16.3 Å². The molecule has 5 rings (SSSR count). The Morgan fingerprint density at radius 3 is 2.39 bits per heavy atom. The maximum atomic E-state index is 14.0. The van der Waals surface area contributed by atoms with Crippen LogP contribution >= 0.6 is 0 Å². The summed E-state index contributed by atoms with van der Waals surface area (Å²) in [4.78, 5) is 26.0. The van der Waals surface area contributed by atoms with E-state index in [4.69, 9.17) is 4.63 Å². The Kier molecular flexibility index (Phi) is 4.85. The number of benzene rings is 3. The second kappa shape index (κ2) is 7.73. The number of carbonyl (C=O) groups is 1. The Hall–Kier alpha value is -4.21. The van der Waals surface area contributed by atoms with Crippen molar-refractivity contribution in [1.82, 2.24) is 10.3 Å². The molecule has 166 valence electrons. The van der Waals surface area contributed by atoms with Crippen molar-refractivity contribution in [2.45, 2.75) is 25.7 Å². The van der Waals surface area contributed by atoms with Gasteiger partial charge in [0.1, 0.15) is 11.6 Å². The lowest BCUT2D eigenvalue weighted by atomic mass is 10.0. The monoisotopic (exact) mass is 450 g/mol. The fourth-order valence-electron chi connectivity index (χ4n) is 3.97. The predicted molar refractivity (Wildman–Crippen MR) is 114 cm³/mol. The molecule has 10 heteroatoms. The van der Waals surface area contributed by atoms with Gasteiger partial charge in [-0.2, -0.15) is 0 Å². The zero-order chi connectivity index (χ0) is 23.3. The van der Waals surface area contributed by atoms with Crippen LogP contribution < -0.4 is 4.90 Å². The summed E-state index contributed by atoms with van der Waals surface area (Å²) in [6.45, 7) is 1.63. The highest BCUT2D eigenvalue weighted by atomic mass is 19.1. The summed E-state index contributed by atoms with van der Waals surface area (Å²) in [5.74, 6) is -1.37. The van der Waals surface area contributed by atoms with Crippen molar-refractivity contribution in [3.8, 4) is 0 Å². The predicted octanol–water partition coefficient (Wildman–Crippen LogP) is 5.57. The molecule has 0 bridgehead atoms. The molecule has 1 amide bonds. The first-order chi connectivity index (χ1) is 15.8. The number of nitro benzene ring substituents is 1. The average Bonchev–Trinajstić information content (AvgIpc) is 3.51. The molecule has 1 heterocycles. The standard InChI is InChI=1S/C23H16F2N4O4/c1-12-10-14(24)5-7-18(12)28(19-8-9-20(29(31)32)22-21(19)26-33-27-22)23(30)16-6-4-15(25)11-17(16)13-2-3-13/h4-11,13H,2-3H2,1H3. The summed E-state index contributed by atoms with van der Waals surface area (Å²) >= 11 is 0. The van der Waals surface area contributed by atoms with Crippen LogP contribution in [0.1, 0.15) is 40.2 Å². The third kappa shape index (κ3) is 3.59. The highest BCUT2D eigenvalue weighted by molar-refractivity contribution is 6.15. The smallest absolute Gasteiger partial charge is 0.274 e. The van der Waals surface area contributed by atoms with Gasteiger partial charge < -0.3 is 0 Å². The largest absolute Gasteiger partial charge is 0.300 e. The van der Waals surface area contributed by atoms with Gasteiger partial charge in [0.25, 0.3) is 5.91 Å². The minimum Gasteiger partial charge on any atom is -0.274 e. The molecule has 0 atom stereocenters. The number of nitrogens with zero attached hydrogens (tertiary/aromatic N) is 4. The second-order valence-corrected chi connectivity index (χ2v) is 7.90. The Balaban J connectivity index is 1.75. The molecule has 1 aliphatic rings. The van der Waals surface area contributed by atoms with Gasteiger partial charge in [-0.3, -0.25) is 19.8 Å². The van der Waals surface area contributed by atoms with Gasteiger partial charge in [0.2, 0.25) is 5.52 Å². The summed E-state index contributed by atoms with van der Waals surface area (Å²) in [5, 5.41) is 18.8.